The van der Waals surface area contributed by atoms with Crippen LogP contribution < -0.4 is 10.1 Å². The molecule has 2 aromatic carbocycles. The van der Waals surface area contributed by atoms with E-state index in [1.165, 1.54) is 6.26 Å². The third-order valence-corrected chi connectivity index (χ3v) is 3.94. The normalized spacial score (nSPS) is 10.7. The van der Waals surface area contributed by atoms with Gasteiger partial charge in [-0.15, -0.1) is 5.10 Å². The van der Waals surface area contributed by atoms with Crippen molar-refractivity contribution in [2.24, 2.45) is 0 Å². The SMILES string of the molecule is CNCc1cc(-c2conn2)ccc1Oc1ccc(Cl)c(Cl)c1. The third kappa shape index (κ3) is 3.64. The summed E-state index contributed by atoms with van der Waals surface area (Å²) < 4.78 is 10.7. The maximum Gasteiger partial charge on any atom is 0.152 e. The molecule has 0 saturated carbocycles. The topological polar surface area (TPSA) is 60.2 Å². The van der Waals surface area contributed by atoms with Gasteiger partial charge < -0.3 is 14.6 Å². The number of benzene rings is 2. The molecule has 0 radical (unpaired) electrons. The van der Waals surface area contributed by atoms with Gasteiger partial charge in [0.1, 0.15) is 17.2 Å². The van der Waals surface area contributed by atoms with Gasteiger partial charge in [-0.25, -0.2) is 0 Å². The van der Waals surface area contributed by atoms with Crippen LogP contribution in [-0.4, -0.2) is 17.4 Å². The highest BCUT2D eigenvalue weighted by molar-refractivity contribution is 6.42. The average Bonchev–Trinajstić information content (AvgIpc) is 3.07. The molecule has 5 nitrogen and oxygen atoms in total. The molecule has 118 valence electrons. The maximum absolute atomic E-state index is 6.02. The number of rotatable bonds is 5. The lowest BCUT2D eigenvalue weighted by atomic mass is 10.1. The molecule has 0 spiro atoms. The lowest BCUT2D eigenvalue weighted by Gasteiger charge is -2.12. The molecule has 1 heterocycles. The van der Waals surface area contributed by atoms with E-state index in [0.29, 0.717) is 28.0 Å². The van der Waals surface area contributed by atoms with Crippen molar-refractivity contribution >= 4 is 23.2 Å². The lowest BCUT2D eigenvalue weighted by molar-refractivity contribution is 0.393. The summed E-state index contributed by atoms with van der Waals surface area (Å²) in [5, 5.41) is 11.5. The molecule has 7 heteroatoms. The molecule has 3 rings (SSSR count). The molecule has 0 aliphatic heterocycles. The highest BCUT2D eigenvalue weighted by atomic mass is 35.5. The van der Waals surface area contributed by atoms with Crippen LogP contribution in [-0.2, 0) is 6.54 Å². The summed E-state index contributed by atoms with van der Waals surface area (Å²) >= 11 is 11.9. The zero-order valence-corrected chi connectivity index (χ0v) is 13.7. The van der Waals surface area contributed by atoms with E-state index in [1.54, 1.807) is 18.2 Å². The van der Waals surface area contributed by atoms with Gasteiger partial charge >= 0.3 is 0 Å². The van der Waals surface area contributed by atoms with Crippen molar-refractivity contribution < 1.29 is 9.26 Å². The monoisotopic (exact) mass is 349 g/mol. The van der Waals surface area contributed by atoms with Gasteiger partial charge in [-0.1, -0.05) is 23.2 Å². The molecular formula is C16H13Cl2N3O2. The van der Waals surface area contributed by atoms with Crippen molar-refractivity contribution in [1.82, 2.24) is 15.7 Å². The van der Waals surface area contributed by atoms with E-state index in [9.17, 15) is 0 Å². The van der Waals surface area contributed by atoms with Crippen molar-refractivity contribution in [1.29, 1.82) is 0 Å². The number of ether oxygens (including phenoxy) is 1. The largest absolute Gasteiger partial charge is 0.457 e. The predicted molar refractivity (Wildman–Crippen MR) is 89.0 cm³/mol. The molecule has 1 aromatic heterocycles. The molecule has 3 aromatic rings. The first kappa shape index (κ1) is 15.8. The van der Waals surface area contributed by atoms with Gasteiger partial charge in [0, 0.05) is 29.0 Å². The van der Waals surface area contributed by atoms with Gasteiger partial charge in [-0.3, -0.25) is 0 Å². The Bertz CT molecular complexity index is 807. The Hall–Kier alpha value is -2.08. The summed E-state index contributed by atoms with van der Waals surface area (Å²) in [6, 6.07) is 10.9. The summed E-state index contributed by atoms with van der Waals surface area (Å²) in [5.41, 5.74) is 2.54. The fraction of sp³-hybridized carbons (Fsp3) is 0.125. The molecule has 1 N–H and O–H groups in total. The zero-order valence-electron chi connectivity index (χ0n) is 12.2. The summed E-state index contributed by atoms with van der Waals surface area (Å²) in [6.07, 6.45) is 1.50. The number of halogens is 2. The Kier molecular flexibility index (Phi) is 4.81. The van der Waals surface area contributed by atoms with Crippen LogP contribution in [0.3, 0.4) is 0 Å². The number of aromatic nitrogens is 2. The van der Waals surface area contributed by atoms with E-state index in [2.05, 4.69) is 15.7 Å². The fourth-order valence-electron chi connectivity index (χ4n) is 2.12. The van der Waals surface area contributed by atoms with E-state index in [1.807, 2.05) is 25.2 Å². The third-order valence-electron chi connectivity index (χ3n) is 3.20. The van der Waals surface area contributed by atoms with Gasteiger partial charge in [-0.2, -0.15) is 0 Å². The van der Waals surface area contributed by atoms with E-state index in [0.717, 1.165) is 16.9 Å². The molecule has 23 heavy (non-hydrogen) atoms. The molecule has 0 saturated heterocycles. The van der Waals surface area contributed by atoms with Crippen LogP contribution >= 0.6 is 23.2 Å². The first-order valence-corrected chi connectivity index (χ1v) is 7.61. The van der Waals surface area contributed by atoms with E-state index in [-0.39, 0.29) is 0 Å². The lowest BCUT2D eigenvalue weighted by Crippen LogP contribution is -2.06. The first-order chi connectivity index (χ1) is 11.2. The van der Waals surface area contributed by atoms with Crippen LogP contribution in [0.5, 0.6) is 11.5 Å². The molecule has 0 amide bonds. The molecule has 0 aliphatic rings. The second-order valence-corrected chi connectivity index (χ2v) is 5.64. The zero-order chi connectivity index (χ0) is 16.2. The number of nitrogens with zero attached hydrogens (tertiary/aromatic N) is 2. The van der Waals surface area contributed by atoms with Crippen LogP contribution in [0.15, 0.2) is 47.2 Å². The predicted octanol–water partition coefficient (Wildman–Crippen LogP) is 4.56. The Morgan fingerprint density at radius 2 is 2.00 bits per heavy atom. The van der Waals surface area contributed by atoms with Crippen LogP contribution in [0.4, 0.5) is 0 Å². The van der Waals surface area contributed by atoms with Crippen LogP contribution in [0, 0.1) is 0 Å². The molecule has 0 unspecified atom stereocenters. The minimum Gasteiger partial charge on any atom is -0.457 e. The Morgan fingerprint density at radius 3 is 2.70 bits per heavy atom. The highest BCUT2D eigenvalue weighted by Gasteiger charge is 2.10. The number of hydrogen-bond donors (Lipinski definition) is 1. The van der Waals surface area contributed by atoms with Crippen molar-refractivity contribution in [3.63, 3.8) is 0 Å². The minimum atomic E-state index is 0.449. The molecule has 0 aliphatic carbocycles. The van der Waals surface area contributed by atoms with Gasteiger partial charge in [-0.05, 0) is 37.4 Å². The summed E-state index contributed by atoms with van der Waals surface area (Å²) in [5.74, 6) is 1.34. The van der Waals surface area contributed by atoms with Gasteiger partial charge in [0.05, 0.1) is 10.0 Å². The molecule has 0 bridgehead atoms. The summed E-state index contributed by atoms with van der Waals surface area (Å²) in [4.78, 5) is 0. The Labute approximate surface area is 143 Å². The quantitative estimate of drug-likeness (QED) is 0.731. The molecule has 0 atom stereocenters. The van der Waals surface area contributed by atoms with Crippen molar-refractivity contribution in [3.8, 4) is 22.8 Å². The minimum absolute atomic E-state index is 0.449. The van der Waals surface area contributed by atoms with Crippen molar-refractivity contribution in [3.05, 3.63) is 58.3 Å². The summed E-state index contributed by atoms with van der Waals surface area (Å²) in [6.45, 7) is 0.635. The van der Waals surface area contributed by atoms with E-state index >= 15 is 0 Å². The average molecular weight is 350 g/mol. The standard InChI is InChI=1S/C16H13Cl2N3O2/c1-19-8-11-6-10(15-9-22-21-20-15)2-5-16(11)23-12-3-4-13(17)14(18)7-12/h2-7,9,19H,8H2,1H3. The Morgan fingerprint density at radius 1 is 1.13 bits per heavy atom. The van der Waals surface area contributed by atoms with Crippen LogP contribution in [0.2, 0.25) is 10.0 Å². The van der Waals surface area contributed by atoms with E-state index < -0.39 is 0 Å². The molecule has 0 fully saturated rings. The second-order valence-electron chi connectivity index (χ2n) is 4.82. The maximum atomic E-state index is 6.02. The summed E-state index contributed by atoms with van der Waals surface area (Å²) in [7, 11) is 1.87. The highest BCUT2D eigenvalue weighted by Crippen LogP contribution is 2.32. The van der Waals surface area contributed by atoms with Gasteiger partial charge in [0.15, 0.2) is 6.26 Å². The number of nitrogens with one attached hydrogen (secondary N) is 1. The Balaban J connectivity index is 1.93. The first-order valence-electron chi connectivity index (χ1n) is 6.85. The number of hydrogen-bond acceptors (Lipinski definition) is 5. The van der Waals surface area contributed by atoms with Crippen molar-refractivity contribution in [2.75, 3.05) is 7.05 Å². The van der Waals surface area contributed by atoms with Crippen LogP contribution in [0.25, 0.3) is 11.3 Å². The smallest absolute Gasteiger partial charge is 0.152 e. The second kappa shape index (κ2) is 7.00. The fourth-order valence-corrected chi connectivity index (χ4v) is 2.41. The van der Waals surface area contributed by atoms with Gasteiger partial charge in [0.25, 0.3) is 0 Å². The molecular weight excluding hydrogens is 337 g/mol. The van der Waals surface area contributed by atoms with E-state index in [4.69, 9.17) is 32.5 Å². The van der Waals surface area contributed by atoms with Gasteiger partial charge in [0.2, 0.25) is 0 Å². The van der Waals surface area contributed by atoms with Crippen LogP contribution in [0.1, 0.15) is 5.56 Å². The van der Waals surface area contributed by atoms with Crippen molar-refractivity contribution in [2.45, 2.75) is 6.54 Å².